The Morgan fingerprint density at radius 3 is 2.64 bits per heavy atom. The van der Waals surface area contributed by atoms with E-state index in [-0.39, 0.29) is 28.4 Å². The first-order valence-corrected chi connectivity index (χ1v) is 9.68. The van der Waals surface area contributed by atoms with Crippen LogP contribution in [0.2, 0.25) is 15.1 Å². The first-order chi connectivity index (χ1) is 13.5. The topological polar surface area (TPSA) is 62.3 Å². The van der Waals surface area contributed by atoms with Crippen LogP contribution in [0.1, 0.15) is 10.4 Å². The van der Waals surface area contributed by atoms with E-state index in [1.54, 1.807) is 18.2 Å². The van der Waals surface area contributed by atoms with Crippen LogP contribution in [-0.4, -0.2) is 41.3 Å². The minimum atomic E-state index is -0.231. The minimum absolute atomic E-state index is 0.0261. The Balaban J connectivity index is 1.88. The summed E-state index contributed by atoms with van der Waals surface area (Å²) < 4.78 is 0. The Morgan fingerprint density at radius 2 is 1.86 bits per heavy atom. The molecule has 0 atom stereocenters. The summed E-state index contributed by atoms with van der Waals surface area (Å²) in [6.45, 7) is 0.904. The van der Waals surface area contributed by atoms with Gasteiger partial charge >= 0.3 is 0 Å². The van der Waals surface area contributed by atoms with Crippen LogP contribution in [0.5, 0.6) is 0 Å². The van der Waals surface area contributed by atoms with E-state index in [0.717, 1.165) is 0 Å². The lowest BCUT2D eigenvalue weighted by molar-refractivity contribution is -0.123. The number of carbonyl (C=O) groups excluding carboxylic acids is 2. The number of hydrogen-bond donors (Lipinski definition) is 1. The highest BCUT2D eigenvalue weighted by Crippen LogP contribution is 2.38. The Labute approximate surface area is 176 Å². The van der Waals surface area contributed by atoms with Crippen LogP contribution in [0.3, 0.4) is 0 Å². The first kappa shape index (κ1) is 19.0. The number of nitrogens with one attached hydrogen (secondary N) is 1. The van der Waals surface area contributed by atoms with Gasteiger partial charge in [0.15, 0.2) is 0 Å². The second-order valence-electron chi connectivity index (χ2n) is 6.37. The third-order valence-corrected chi connectivity index (χ3v) is 5.88. The molecule has 2 aromatic carbocycles. The van der Waals surface area contributed by atoms with Gasteiger partial charge in [-0.2, -0.15) is 0 Å². The van der Waals surface area contributed by atoms with Crippen molar-refractivity contribution in [2.45, 2.75) is 0 Å². The number of fused-ring (bicyclic) bond motifs is 1. The molecule has 1 aliphatic rings. The molecule has 0 saturated carbocycles. The maximum absolute atomic E-state index is 13.2. The molecule has 0 bridgehead atoms. The van der Waals surface area contributed by atoms with Gasteiger partial charge in [0.2, 0.25) is 5.91 Å². The van der Waals surface area contributed by atoms with E-state index >= 15 is 0 Å². The fourth-order valence-electron chi connectivity index (χ4n) is 3.20. The zero-order valence-corrected chi connectivity index (χ0v) is 16.8. The van der Waals surface area contributed by atoms with Gasteiger partial charge in [-0.3, -0.25) is 9.59 Å². The van der Waals surface area contributed by atoms with Crippen molar-refractivity contribution in [1.82, 2.24) is 15.2 Å². The summed E-state index contributed by atoms with van der Waals surface area (Å²) in [7, 11) is 0. The number of halogens is 3. The van der Waals surface area contributed by atoms with Gasteiger partial charge in [0.1, 0.15) is 0 Å². The molecule has 5 nitrogen and oxygen atoms in total. The van der Waals surface area contributed by atoms with E-state index in [4.69, 9.17) is 34.8 Å². The Kier molecular flexibility index (Phi) is 5.15. The van der Waals surface area contributed by atoms with Crippen LogP contribution >= 0.6 is 34.8 Å². The largest absolute Gasteiger partial charge is 0.353 e. The average molecular weight is 435 g/mol. The standard InChI is InChI=1S/C20H14Cl3N3O2/c21-14-6-5-12(18(22)19(14)23)16-9-13(11-3-1-2-4-15(11)25-16)20(28)26-8-7-24-17(27)10-26/h1-6,9H,7-8,10H2,(H,24,27). The van der Waals surface area contributed by atoms with Crippen molar-refractivity contribution in [3.05, 3.63) is 63.1 Å². The molecule has 1 aromatic heterocycles. The van der Waals surface area contributed by atoms with E-state index in [1.165, 1.54) is 4.90 Å². The molecule has 3 aromatic rings. The Morgan fingerprint density at radius 1 is 1.07 bits per heavy atom. The summed E-state index contributed by atoms with van der Waals surface area (Å²) in [5.41, 5.74) is 2.18. The molecular formula is C20H14Cl3N3O2. The third-order valence-electron chi connectivity index (χ3n) is 4.58. The summed E-state index contributed by atoms with van der Waals surface area (Å²) in [5, 5.41) is 4.27. The lowest BCUT2D eigenvalue weighted by atomic mass is 10.0. The van der Waals surface area contributed by atoms with E-state index in [1.807, 2.05) is 24.3 Å². The zero-order chi connectivity index (χ0) is 19.8. The summed E-state index contributed by atoms with van der Waals surface area (Å²) in [4.78, 5) is 31.1. The molecule has 0 aliphatic carbocycles. The lowest BCUT2D eigenvalue weighted by Crippen LogP contribution is -2.50. The summed E-state index contributed by atoms with van der Waals surface area (Å²) in [6, 6.07) is 12.4. The summed E-state index contributed by atoms with van der Waals surface area (Å²) in [5.74, 6) is -0.406. The molecule has 1 N–H and O–H groups in total. The lowest BCUT2D eigenvalue weighted by Gasteiger charge is -2.27. The van der Waals surface area contributed by atoms with Gasteiger partial charge in [0.25, 0.3) is 5.91 Å². The molecule has 28 heavy (non-hydrogen) atoms. The highest BCUT2D eigenvalue weighted by molar-refractivity contribution is 6.49. The second kappa shape index (κ2) is 7.59. The Hall–Kier alpha value is -2.34. The smallest absolute Gasteiger partial charge is 0.255 e. The van der Waals surface area contributed by atoms with E-state index in [9.17, 15) is 9.59 Å². The maximum atomic E-state index is 13.2. The van der Waals surface area contributed by atoms with Crippen LogP contribution in [0.25, 0.3) is 22.2 Å². The van der Waals surface area contributed by atoms with Gasteiger partial charge in [-0.15, -0.1) is 0 Å². The van der Waals surface area contributed by atoms with Crippen LogP contribution < -0.4 is 5.32 Å². The highest BCUT2D eigenvalue weighted by Gasteiger charge is 2.25. The number of para-hydroxylation sites is 1. The number of piperazine rings is 1. The van der Waals surface area contributed by atoms with E-state index in [0.29, 0.717) is 45.8 Å². The average Bonchev–Trinajstić information content (AvgIpc) is 2.71. The molecule has 2 heterocycles. The van der Waals surface area contributed by atoms with Crippen molar-refractivity contribution in [2.75, 3.05) is 19.6 Å². The molecule has 8 heteroatoms. The highest BCUT2D eigenvalue weighted by atomic mass is 35.5. The summed E-state index contributed by atoms with van der Waals surface area (Å²) >= 11 is 18.6. The van der Waals surface area contributed by atoms with Crippen molar-refractivity contribution < 1.29 is 9.59 Å². The van der Waals surface area contributed by atoms with Gasteiger partial charge in [-0.25, -0.2) is 4.98 Å². The van der Waals surface area contributed by atoms with Crippen molar-refractivity contribution in [2.24, 2.45) is 0 Å². The number of hydrogen-bond acceptors (Lipinski definition) is 3. The number of rotatable bonds is 2. The molecule has 1 saturated heterocycles. The van der Waals surface area contributed by atoms with E-state index < -0.39 is 0 Å². The monoisotopic (exact) mass is 433 g/mol. The van der Waals surface area contributed by atoms with Crippen LogP contribution in [-0.2, 0) is 4.79 Å². The predicted molar refractivity (Wildman–Crippen MR) is 111 cm³/mol. The van der Waals surface area contributed by atoms with Crippen LogP contribution in [0, 0.1) is 0 Å². The van der Waals surface area contributed by atoms with Gasteiger partial charge in [-0.05, 0) is 24.3 Å². The van der Waals surface area contributed by atoms with Crippen molar-refractivity contribution in [3.63, 3.8) is 0 Å². The number of nitrogens with zero attached hydrogens (tertiary/aromatic N) is 2. The van der Waals surface area contributed by atoms with Gasteiger partial charge in [-0.1, -0.05) is 53.0 Å². The number of aromatic nitrogens is 1. The number of carbonyl (C=O) groups is 2. The molecular weight excluding hydrogens is 421 g/mol. The van der Waals surface area contributed by atoms with Gasteiger partial charge in [0.05, 0.1) is 38.4 Å². The summed E-state index contributed by atoms with van der Waals surface area (Å²) in [6.07, 6.45) is 0. The van der Waals surface area contributed by atoms with Crippen LogP contribution in [0.15, 0.2) is 42.5 Å². The van der Waals surface area contributed by atoms with Crippen molar-refractivity contribution >= 4 is 57.5 Å². The van der Waals surface area contributed by atoms with Gasteiger partial charge < -0.3 is 10.2 Å². The second-order valence-corrected chi connectivity index (χ2v) is 7.53. The molecule has 2 amide bonds. The van der Waals surface area contributed by atoms with Gasteiger partial charge in [0, 0.05) is 24.0 Å². The number of benzene rings is 2. The predicted octanol–water partition coefficient (Wildman–Crippen LogP) is 4.43. The normalized spacial score (nSPS) is 14.2. The fourth-order valence-corrected chi connectivity index (χ4v) is 3.83. The fraction of sp³-hybridized carbons (Fsp3) is 0.150. The molecule has 0 radical (unpaired) electrons. The molecule has 142 valence electrons. The quantitative estimate of drug-likeness (QED) is 0.607. The minimum Gasteiger partial charge on any atom is -0.353 e. The van der Waals surface area contributed by atoms with Crippen LogP contribution in [0.4, 0.5) is 0 Å². The van der Waals surface area contributed by atoms with E-state index in [2.05, 4.69) is 10.3 Å². The van der Waals surface area contributed by atoms with Crippen molar-refractivity contribution in [1.29, 1.82) is 0 Å². The van der Waals surface area contributed by atoms with Crippen molar-refractivity contribution in [3.8, 4) is 11.3 Å². The molecule has 0 unspecified atom stereocenters. The first-order valence-electron chi connectivity index (χ1n) is 8.55. The molecule has 0 spiro atoms. The number of amides is 2. The SMILES string of the molecule is O=C1CN(C(=O)c2cc(-c3ccc(Cl)c(Cl)c3Cl)nc3ccccc23)CCN1. The maximum Gasteiger partial charge on any atom is 0.255 e. The third kappa shape index (κ3) is 3.41. The molecule has 1 fully saturated rings. The number of pyridine rings is 1. The molecule has 1 aliphatic heterocycles. The molecule has 4 rings (SSSR count). The Bertz CT molecular complexity index is 1120. The zero-order valence-electron chi connectivity index (χ0n) is 14.5.